The van der Waals surface area contributed by atoms with E-state index in [4.69, 9.17) is 22.0 Å². The first-order valence-corrected chi connectivity index (χ1v) is 5.89. The molecule has 0 fully saturated rings. The van der Waals surface area contributed by atoms with Crippen molar-refractivity contribution in [1.29, 1.82) is 5.26 Å². The number of nitrogens with one attached hydrogen (secondary N) is 1. The number of hydrogen-bond acceptors (Lipinski definition) is 3. The van der Waals surface area contributed by atoms with Gasteiger partial charge < -0.3 is 10.4 Å². The fourth-order valence-electron chi connectivity index (χ4n) is 1.68. The van der Waals surface area contributed by atoms with Gasteiger partial charge in [0.05, 0.1) is 22.5 Å². The lowest BCUT2D eigenvalue weighted by Gasteiger charge is -2.12. The smallest absolute Gasteiger partial charge is 0.337 e. The van der Waals surface area contributed by atoms with Crippen molar-refractivity contribution in [2.45, 2.75) is 0 Å². The van der Waals surface area contributed by atoms with E-state index in [1.54, 1.807) is 0 Å². The molecular weight excluding hydrogens is 283 g/mol. The Bertz CT molecular complexity index is 726. The summed E-state index contributed by atoms with van der Waals surface area (Å²) < 4.78 is 13.8. The van der Waals surface area contributed by atoms with Gasteiger partial charge in [-0.25, -0.2) is 9.18 Å². The van der Waals surface area contributed by atoms with Gasteiger partial charge in [-0.1, -0.05) is 17.7 Å². The number of carbonyl (C=O) groups is 1. The third-order valence-corrected chi connectivity index (χ3v) is 2.84. The fourth-order valence-corrected chi connectivity index (χ4v) is 1.85. The Hall–Kier alpha value is -2.58. The molecule has 0 saturated carbocycles. The highest BCUT2D eigenvalue weighted by Crippen LogP contribution is 2.28. The average Bonchev–Trinajstić information content (AvgIpc) is 2.41. The third kappa shape index (κ3) is 2.71. The maximum atomic E-state index is 13.8. The third-order valence-electron chi connectivity index (χ3n) is 2.61. The lowest BCUT2D eigenvalue weighted by Crippen LogP contribution is -2.05. The first-order chi connectivity index (χ1) is 9.52. The van der Waals surface area contributed by atoms with Crippen molar-refractivity contribution in [2.24, 2.45) is 0 Å². The van der Waals surface area contributed by atoms with Crippen LogP contribution in [0.15, 0.2) is 36.4 Å². The molecule has 0 atom stereocenters. The summed E-state index contributed by atoms with van der Waals surface area (Å²) >= 11 is 5.82. The van der Waals surface area contributed by atoms with Crippen LogP contribution in [0.1, 0.15) is 15.9 Å². The summed E-state index contributed by atoms with van der Waals surface area (Å²) in [7, 11) is 0. The normalized spacial score (nSPS) is 9.85. The predicted molar refractivity (Wildman–Crippen MR) is 72.8 cm³/mol. The van der Waals surface area contributed by atoms with Gasteiger partial charge in [0.15, 0.2) is 0 Å². The molecule has 6 heteroatoms. The molecule has 100 valence electrons. The van der Waals surface area contributed by atoms with E-state index in [2.05, 4.69) is 5.32 Å². The van der Waals surface area contributed by atoms with E-state index in [1.807, 2.05) is 6.07 Å². The SMILES string of the molecule is N#Cc1ccc(Cl)cc1Nc1c(F)cccc1C(=O)O. The number of hydrogen-bond donors (Lipinski definition) is 2. The van der Waals surface area contributed by atoms with E-state index in [0.29, 0.717) is 5.02 Å². The molecule has 0 spiro atoms. The highest BCUT2D eigenvalue weighted by molar-refractivity contribution is 6.30. The molecule has 4 nitrogen and oxygen atoms in total. The minimum absolute atomic E-state index is 0.209. The van der Waals surface area contributed by atoms with Gasteiger partial charge in [-0.15, -0.1) is 0 Å². The Morgan fingerprint density at radius 3 is 2.75 bits per heavy atom. The van der Waals surface area contributed by atoms with Crippen molar-refractivity contribution >= 4 is 28.9 Å². The Morgan fingerprint density at radius 2 is 2.10 bits per heavy atom. The van der Waals surface area contributed by atoms with Gasteiger partial charge in [-0.3, -0.25) is 0 Å². The molecule has 0 aliphatic heterocycles. The lowest BCUT2D eigenvalue weighted by molar-refractivity contribution is 0.0697. The van der Waals surface area contributed by atoms with Gasteiger partial charge in [-0.05, 0) is 30.3 Å². The van der Waals surface area contributed by atoms with Gasteiger partial charge in [0.2, 0.25) is 0 Å². The minimum atomic E-state index is -1.27. The summed E-state index contributed by atoms with van der Waals surface area (Å²) in [6, 6.07) is 10.0. The van der Waals surface area contributed by atoms with Crippen molar-refractivity contribution < 1.29 is 14.3 Å². The maximum Gasteiger partial charge on any atom is 0.337 e. The molecule has 0 aromatic heterocycles. The van der Waals surface area contributed by atoms with Crippen LogP contribution in [0, 0.1) is 17.1 Å². The molecule has 0 radical (unpaired) electrons. The first kappa shape index (κ1) is 13.8. The van der Waals surface area contributed by atoms with Gasteiger partial charge in [0.1, 0.15) is 11.9 Å². The topological polar surface area (TPSA) is 73.1 Å². The molecule has 2 aromatic carbocycles. The number of aromatic carboxylic acids is 1. The molecule has 0 bridgehead atoms. The number of rotatable bonds is 3. The second kappa shape index (κ2) is 5.59. The number of anilines is 2. The Kier molecular flexibility index (Phi) is 3.87. The van der Waals surface area contributed by atoms with Crippen molar-refractivity contribution in [2.75, 3.05) is 5.32 Å². The number of nitrogens with zero attached hydrogens (tertiary/aromatic N) is 1. The number of carboxylic acids is 1. The number of benzene rings is 2. The standard InChI is InChI=1S/C14H8ClFN2O2/c15-9-5-4-8(7-17)12(6-9)18-13-10(14(19)20)2-1-3-11(13)16/h1-6,18H,(H,19,20). The molecule has 0 amide bonds. The van der Waals surface area contributed by atoms with E-state index in [9.17, 15) is 9.18 Å². The molecule has 2 aromatic rings. The molecule has 2 N–H and O–H groups in total. The van der Waals surface area contributed by atoms with E-state index >= 15 is 0 Å². The van der Waals surface area contributed by atoms with Crippen molar-refractivity contribution in [3.8, 4) is 6.07 Å². The summed E-state index contributed by atoms with van der Waals surface area (Å²) in [6.45, 7) is 0. The summed E-state index contributed by atoms with van der Waals surface area (Å²) in [5.41, 5.74) is 0.0363. The number of para-hydroxylation sites is 1. The van der Waals surface area contributed by atoms with Crippen LogP contribution < -0.4 is 5.32 Å². The molecule has 0 saturated heterocycles. The Morgan fingerprint density at radius 1 is 1.35 bits per heavy atom. The van der Waals surface area contributed by atoms with Crippen LogP contribution in [0.4, 0.5) is 15.8 Å². The number of nitriles is 1. The zero-order valence-corrected chi connectivity index (χ0v) is 10.8. The second-order valence-corrected chi connectivity index (χ2v) is 4.33. The molecular formula is C14H8ClFN2O2. The van der Waals surface area contributed by atoms with Crippen molar-refractivity contribution in [1.82, 2.24) is 0 Å². The van der Waals surface area contributed by atoms with Crippen LogP contribution in [-0.2, 0) is 0 Å². The molecule has 0 aliphatic carbocycles. The number of carboxylic acid groups (broad SMARTS) is 1. The molecule has 2 rings (SSSR count). The zero-order valence-electron chi connectivity index (χ0n) is 10.0. The monoisotopic (exact) mass is 290 g/mol. The summed E-state index contributed by atoms with van der Waals surface area (Å²) in [5.74, 6) is -2.00. The maximum absolute atomic E-state index is 13.8. The summed E-state index contributed by atoms with van der Waals surface area (Å²) in [5, 5.41) is 21.0. The van der Waals surface area contributed by atoms with Crippen LogP contribution in [0.25, 0.3) is 0 Å². The van der Waals surface area contributed by atoms with Gasteiger partial charge in [0, 0.05) is 5.02 Å². The molecule has 20 heavy (non-hydrogen) atoms. The molecule has 0 unspecified atom stereocenters. The Labute approximate surface area is 119 Å². The van der Waals surface area contributed by atoms with E-state index in [1.165, 1.54) is 30.3 Å². The highest BCUT2D eigenvalue weighted by Gasteiger charge is 2.15. The van der Waals surface area contributed by atoms with Crippen LogP contribution in [0.3, 0.4) is 0 Å². The van der Waals surface area contributed by atoms with E-state index < -0.39 is 11.8 Å². The van der Waals surface area contributed by atoms with Gasteiger partial charge in [-0.2, -0.15) is 5.26 Å². The van der Waals surface area contributed by atoms with E-state index in [-0.39, 0.29) is 22.5 Å². The summed E-state index contributed by atoms with van der Waals surface area (Å²) in [6.07, 6.45) is 0. The van der Waals surface area contributed by atoms with Crippen LogP contribution in [0.5, 0.6) is 0 Å². The highest BCUT2D eigenvalue weighted by atomic mass is 35.5. The fraction of sp³-hybridized carbons (Fsp3) is 0. The molecule has 0 heterocycles. The number of halogens is 2. The molecule has 0 aliphatic rings. The largest absolute Gasteiger partial charge is 0.478 e. The average molecular weight is 291 g/mol. The second-order valence-electron chi connectivity index (χ2n) is 3.89. The predicted octanol–water partition coefficient (Wildman–Crippen LogP) is 3.79. The summed E-state index contributed by atoms with van der Waals surface area (Å²) in [4.78, 5) is 11.1. The van der Waals surface area contributed by atoms with Crippen LogP contribution in [0.2, 0.25) is 5.02 Å². The van der Waals surface area contributed by atoms with Crippen LogP contribution in [-0.4, -0.2) is 11.1 Å². The van der Waals surface area contributed by atoms with Crippen molar-refractivity contribution in [3.63, 3.8) is 0 Å². The minimum Gasteiger partial charge on any atom is -0.478 e. The zero-order chi connectivity index (χ0) is 14.7. The first-order valence-electron chi connectivity index (χ1n) is 5.51. The quantitative estimate of drug-likeness (QED) is 0.902. The Balaban J connectivity index is 2.53. The lowest BCUT2D eigenvalue weighted by atomic mass is 10.1. The van der Waals surface area contributed by atoms with Gasteiger partial charge in [0.25, 0.3) is 0 Å². The van der Waals surface area contributed by atoms with Crippen molar-refractivity contribution in [3.05, 3.63) is 58.4 Å². The van der Waals surface area contributed by atoms with E-state index in [0.717, 1.165) is 6.07 Å². The van der Waals surface area contributed by atoms with Crippen LogP contribution >= 0.6 is 11.6 Å². The van der Waals surface area contributed by atoms with Gasteiger partial charge >= 0.3 is 5.97 Å².